The molecule has 1 atom stereocenters. The first-order valence-corrected chi connectivity index (χ1v) is 9.00. The largest absolute Gasteiger partial charge is 0.435 e. The first kappa shape index (κ1) is 20.9. The third-order valence-electron chi connectivity index (χ3n) is 4.82. The minimum Gasteiger partial charge on any atom is -0.328 e. The Kier molecular flexibility index (Phi) is 5.44. The summed E-state index contributed by atoms with van der Waals surface area (Å²) in [4.78, 5) is 28.1. The second-order valence-electron chi connectivity index (χ2n) is 6.72. The van der Waals surface area contributed by atoms with Crippen LogP contribution in [0.4, 0.5) is 13.2 Å². The molecule has 0 spiro atoms. The fourth-order valence-corrected chi connectivity index (χ4v) is 3.37. The highest BCUT2D eigenvalue weighted by molar-refractivity contribution is 6.31. The van der Waals surface area contributed by atoms with Crippen LogP contribution in [-0.2, 0) is 29.2 Å². The SMILES string of the molecule is CN1C(=O)C(Cc2ccccc2)N(C)C(=O)C1=Cc1c(C(F)(F)F)nn(C)c1Cl. The number of carbonyl (C=O) groups excluding carboxylic acids is 2. The van der Waals surface area contributed by atoms with Crippen molar-refractivity contribution in [3.05, 3.63) is 58.0 Å². The van der Waals surface area contributed by atoms with Crippen molar-refractivity contribution in [2.45, 2.75) is 18.6 Å². The Morgan fingerprint density at radius 3 is 2.34 bits per heavy atom. The van der Waals surface area contributed by atoms with Gasteiger partial charge in [0.2, 0.25) is 5.91 Å². The summed E-state index contributed by atoms with van der Waals surface area (Å²) >= 11 is 5.97. The number of rotatable bonds is 3. The van der Waals surface area contributed by atoms with Crippen molar-refractivity contribution in [3.8, 4) is 0 Å². The van der Waals surface area contributed by atoms with E-state index in [9.17, 15) is 22.8 Å². The molecule has 0 radical (unpaired) electrons. The fraction of sp³-hybridized carbons (Fsp3) is 0.316. The van der Waals surface area contributed by atoms with Crippen LogP contribution in [0.5, 0.6) is 0 Å². The molecule has 1 saturated heterocycles. The summed E-state index contributed by atoms with van der Waals surface area (Å²) in [6.07, 6.45) is -3.51. The van der Waals surface area contributed by atoms with E-state index < -0.39 is 35.3 Å². The minimum absolute atomic E-state index is 0.206. The second kappa shape index (κ2) is 7.55. The van der Waals surface area contributed by atoms with E-state index in [0.717, 1.165) is 21.2 Å². The molecule has 3 rings (SSSR count). The van der Waals surface area contributed by atoms with E-state index in [4.69, 9.17) is 11.6 Å². The lowest BCUT2D eigenvalue weighted by Gasteiger charge is -2.38. The number of nitrogens with zero attached hydrogens (tertiary/aromatic N) is 4. The number of aromatic nitrogens is 2. The van der Waals surface area contributed by atoms with Gasteiger partial charge in [-0.2, -0.15) is 18.3 Å². The van der Waals surface area contributed by atoms with Crippen molar-refractivity contribution >= 4 is 29.5 Å². The zero-order valence-corrected chi connectivity index (χ0v) is 16.6. The lowest BCUT2D eigenvalue weighted by Crippen LogP contribution is -2.56. The van der Waals surface area contributed by atoms with Gasteiger partial charge in [0.25, 0.3) is 5.91 Å². The Balaban J connectivity index is 2.00. The number of piperazine rings is 1. The van der Waals surface area contributed by atoms with Crippen molar-refractivity contribution in [2.75, 3.05) is 14.1 Å². The number of carbonyl (C=O) groups is 2. The van der Waals surface area contributed by atoms with Crippen LogP contribution in [0.15, 0.2) is 36.0 Å². The van der Waals surface area contributed by atoms with Crippen molar-refractivity contribution in [1.29, 1.82) is 0 Å². The molecule has 1 aliphatic rings. The highest BCUT2D eigenvalue weighted by atomic mass is 35.5. The zero-order chi connectivity index (χ0) is 21.5. The number of halogens is 4. The van der Waals surface area contributed by atoms with Gasteiger partial charge in [-0.15, -0.1) is 0 Å². The molecule has 2 heterocycles. The molecule has 1 aromatic heterocycles. The van der Waals surface area contributed by atoms with E-state index in [2.05, 4.69) is 5.10 Å². The molecule has 2 aromatic rings. The molecular weight excluding hydrogens is 409 g/mol. The van der Waals surface area contributed by atoms with Crippen LogP contribution in [0.2, 0.25) is 5.15 Å². The van der Waals surface area contributed by atoms with Gasteiger partial charge in [0, 0.05) is 33.1 Å². The van der Waals surface area contributed by atoms with Crippen molar-refractivity contribution < 1.29 is 22.8 Å². The molecule has 0 N–H and O–H groups in total. The average molecular weight is 427 g/mol. The van der Waals surface area contributed by atoms with Gasteiger partial charge >= 0.3 is 6.18 Å². The third kappa shape index (κ3) is 3.87. The lowest BCUT2D eigenvalue weighted by molar-refractivity contribution is -0.148. The van der Waals surface area contributed by atoms with Crippen LogP contribution in [0.25, 0.3) is 6.08 Å². The van der Waals surface area contributed by atoms with E-state index >= 15 is 0 Å². The van der Waals surface area contributed by atoms with Gasteiger partial charge in [-0.05, 0) is 11.6 Å². The molecule has 154 valence electrons. The van der Waals surface area contributed by atoms with Gasteiger partial charge in [-0.1, -0.05) is 41.9 Å². The smallest absolute Gasteiger partial charge is 0.328 e. The molecule has 2 amide bonds. The maximum absolute atomic E-state index is 13.3. The van der Waals surface area contributed by atoms with Crippen LogP contribution in [0.3, 0.4) is 0 Å². The molecule has 1 aliphatic heterocycles. The summed E-state index contributed by atoms with van der Waals surface area (Å²) in [5.74, 6) is -0.989. The van der Waals surface area contributed by atoms with Crippen LogP contribution in [-0.4, -0.2) is 51.5 Å². The van der Waals surface area contributed by atoms with E-state index in [0.29, 0.717) is 6.42 Å². The van der Waals surface area contributed by atoms with Gasteiger partial charge in [-0.25, -0.2) is 0 Å². The summed E-state index contributed by atoms with van der Waals surface area (Å²) in [7, 11) is 4.07. The van der Waals surface area contributed by atoms with E-state index in [1.54, 1.807) is 0 Å². The first-order chi connectivity index (χ1) is 13.5. The quantitative estimate of drug-likeness (QED) is 0.709. The van der Waals surface area contributed by atoms with Crippen LogP contribution >= 0.6 is 11.6 Å². The molecule has 1 unspecified atom stereocenters. The highest BCUT2D eigenvalue weighted by Crippen LogP contribution is 2.36. The predicted octanol–water partition coefficient (Wildman–Crippen LogP) is 2.97. The van der Waals surface area contributed by atoms with E-state index in [1.807, 2.05) is 30.3 Å². The number of aryl methyl sites for hydroxylation is 1. The average Bonchev–Trinajstić information content (AvgIpc) is 2.96. The molecular formula is C19H18ClF3N4O2. The molecule has 0 aliphatic carbocycles. The van der Waals surface area contributed by atoms with Gasteiger partial charge in [-0.3, -0.25) is 14.3 Å². The lowest BCUT2D eigenvalue weighted by atomic mass is 10.00. The highest BCUT2D eigenvalue weighted by Gasteiger charge is 2.42. The van der Waals surface area contributed by atoms with Crippen LogP contribution in [0, 0.1) is 0 Å². The summed E-state index contributed by atoms with van der Waals surface area (Å²) in [5.41, 5.74) is -1.03. The Morgan fingerprint density at radius 1 is 1.14 bits per heavy atom. The van der Waals surface area contributed by atoms with Crippen molar-refractivity contribution in [1.82, 2.24) is 19.6 Å². The molecule has 29 heavy (non-hydrogen) atoms. The number of alkyl halides is 3. The number of hydrogen-bond donors (Lipinski definition) is 0. The summed E-state index contributed by atoms with van der Waals surface area (Å²) in [6.45, 7) is 0. The molecule has 1 fully saturated rings. The number of amides is 2. The maximum Gasteiger partial charge on any atom is 0.435 e. The standard InChI is InChI=1S/C19H18ClF3N4O2/c1-25-13(9-11-7-5-4-6-8-11)17(28)26(2)14(18(25)29)10-12-15(19(21,22)23)24-27(3)16(12)20/h4-8,10,13H,9H2,1-3H3. The molecule has 10 heteroatoms. The number of likely N-dealkylation sites (N-methyl/N-ethyl adjacent to an activating group) is 2. The van der Waals surface area contributed by atoms with Gasteiger partial charge in [0.1, 0.15) is 16.9 Å². The van der Waals surface area contributed by atoms with Crippen molar-refractivity contribution in [2.24, 2.45) is 7.05 Å². The number of benzene rings is 1. The molecule has 0 bridgehead atoms. The van der Waals surface area contributed by atoms with E-state index in [-0.39, 0.29) is 10.9 Å². The fourth-order valence-electron chi connectivity index (χ4n) is 3.19. The normalized spacial score (nSPS) is 19.4. The van der Waals surface area contributed by atoms with Crippen LogP contribution < -0.4 is 0 Å². The number of hydrogen-bond acceptors (Lipinski definition) is 3. The second-order valence-corrected chi connectivity index (χ2v) is 7.08. The summed E-state index contributed by atoms with van der Waals surface area (Å²) < 4.78 is 40.8. The molecule has 1 aromatic carbocycles. The van der Waals surface area contributed by atoms with E-state index in [1.165, 1.54) is 26.0 Å². The first-order valence-electron chi connectivity index (χ1n) is 8.62. The maximum atomic E-state index is 13.3. The zero-order valence-electron chi connectivity index (χ0n) is 15.9. The Bertz CT molecular complexity index is 985. The van der Waals surface area contributed by atoms with Gasteiger partial charge < -0.3 is 9.80 Å². The predicted molar refractivity (Wildman–Crippen MR) is 101 cm³/mol. The van der Waals surface area contributed by atoms with Gasteiger partial charge in [0.05, 0.1) is 0 Å². The third-order valence-corrected chi connectivity index (χ3v) is 5.27. The molecule has 6 nitrogen and oxygen atoms in total. The summed E-state index contributed by atoms with van der Waals surface area (Å²) in [5, 5.41) is 3.11. The molecule has 0 saturated carbocycles. The van der Waals surface area contributed by atoms with Crippen LogP contribution in [0.1, 0.15) is 16.8 Å². The topological polar surface area (TPSA) is 58.4 Å². The van der Waals surface area contributed by atoms with Crippen molar-refractivity contribution in [3.63, 3.8) is 0 Å². The summed E-state index contributed by atoms with van der Waals surface area (Å²) in [6, 6.07) is 8.39. The van der Waals surface area contributed by atoms with Gasteiger partial charge in [0.15, 0.2) is 5.69 Å². The Morgan fingerprint density at radius 2 is 1.76 bits per heavy atom. The minimum atomic E-state index is -4.76. The Hall–Kier alpha value is -2.81. The Labute approximate surface area is 170 Å². The monoisotopic (exact) mass is 426 g/mol.